The van der Waals surface area contributed by atoms with Crippen molar-refractivity contribution in [2.75, 3.05) is 19.6 Å². The first-order valence-electron chi connectivity index (χ1n) is 7.72. The third kappa shape index (κ3) is 7.43. The Bertz CT molecular complexity index is 329. The average molecular weight is 261 g/mol. The predicted molar refractivity (Wildman–Crippen MR) is 85.1 cm³/mol. The van der Waals surface area contributed by atoms with E-state index in [2.05, 4.69) is 44.1 Å². The highest BCUT2D eigenvalue weighted by Crippen LogP contribution is 2.25. The van der Waals surface area contributed by atoms with Gasteiger partial charge in [-0.3, -0.25) is 0 Å². The van der Waals surface area contributed by atoms with Crippen LogP contribution in [-0.2, 0) is 0 Å². The zero-order valence-corrected chi connectivity index (χ0v) is 13.4. The van der Waals surface area contributed by atoms with E-state index in [-0.39, 0.29) is 0 Å². The van der Waals surface area contributed by atoms with Crippen LogP contribution in [0.15, 0.2) is 12.2 Å². The molecule has 1 aliphatic rings. The number of allylic oxidation sites excluding steroid dienone is 1. The third-order valence-electron chi connectivity index (χ3n) is 3.72. The van der Waals surface area contributed by atoms with Gasteiger partial charge in [-0.2, -0.15) is 0 Å². The number of hydrogen-bond acceptors (Lipinski definition) is 1. The number of nitrogens with zero attached hydrogens (tertiary/aromatic N) is 1. The van der Waals surface area contributed by atoms with Crippen LogP contribution in [0.25, 0.3) is 0 Å². The topological polar surface area (TPSA) is 3.24 Å². The molecule has 1 rings (SSSR count). The van der Waals surface area contributed by atoms with E-state index >= 15 is 0 Å². The van der Waals surface area contributed by atoms with E-state index in [4.69, 9.17) is 0 Å². The number of likely N-dealkylation sites (tertiary alicyclic amines) is 1. The van der Waals surface area contributed by atoms with Crippen molar-refractivity contribution in [3.63, 3.8) is 0 Å². The molecule has 0 atom stereocenters. The lowest BCUT2D eigenvalue weighted by Crippen LogP contribution is -2.34. The molecule has 0 amide bonds. The van der Waals surface area contributed by atoms with Crippen LogP contribution in [-0.4, -0.2) is 24.5 Å². The number of rotatable bonds is 5. The van der Waals surface area contributed by atoms with Crippen molar-refractivity contribution in [1.82, 2.24) is 4.90 Å². The number of hydrogen-bond donors (Lipinski definition) is 0. The molecule has 108 valence electrons. The Morgan fingerprint density at radius 3 is 2.42 bits per heavy atom. The Hall–Kier alpha value is -0.740. The van der Waals surface area contributed by atoms with Gasteiger partial charge in [0.2, 0.25) is 0 Å². The molecule has 1 aliphatic heterocycles. The molecule has 1 saturated heterocycles. The average Bonchev–Trinajstić information content (AvgIpc) is 2.29. The quantitative estimate of drug-likeness (QED) is 0.520. The standard InChI is InChI=1S/C18H31N/c1-6-8-17-10-13-19(14-11-17)12-7-9-16(2)15-18(3,4)5/h17H,2,7,9-15H2,1,3-5H3. The van der Waals surface area contributed by atoms with E-state index in [0.717, 1.165) is 6.42 Å². The van der Waals surface area contributed by atoms with Gasteiger partial charge in [0, 0.05) is 5.92 Å². The Morgan fingerprint density at radius 2 is 1.89 bits per heavy atom. The highest BCUT2D eigenvalue weighted by molar-refractivity contribution is 5.02. The fourth-order valence-corrected chi connectivity index (χ4v) is 2.90. The van der Waals surface area contributed by atoms with Gasteiger partial charge in [0.25, 0.3) is 0 Å². The fraction of sp³-hybridized carbons (Fsp3) is 0.778. The molecule has 1 nitrogen and oxygen atoms in total. The van der Waals surface area contributed by atoms with Crippen LogP contribution < -0.4 is 0 Å². The van der Waals surface area contributed by atoms with E-state index in [1.807, 2.05) is 6.92 Å². The first-order chi connectivity index (χ1) is 8.90. The van der Waals surface area contributed by atoms with E-state index in [9.17, 15) is 0 Å². The molecule has 0 N–H and O–H groups in total. The second kappa shape index (κ2) is 7.75. The highest BCUT2D eigenvalue weighted by atomic mass is 15.1. The normalized spacial score (nSPS) is 17.9. The molecule has 19 heavy (non-hydrogen) atoms. The molecule has 0 spiro atoms. The lowest BCUT2D eigenvalue weighted by Gasteiger charge is -2.30. The lowest BCUT2D eigenvalue weighted by atomic mass is 9.87. The molecule has 0 bridgehead atoms. The van der Waals surface area contributed by atoms with E-state index < -0.39 is 0 Å². The molecule has 1 heterocycles. The molecular weight excluding hydrogens is 230 g/mol. The largest absolute Gasteiger partial charge is 0.303 e. The maximum atomic E-state index is 4.22. The Kier molecular flexibility index (Phi) is 6.66. The molecule has 0 radical (unpaired) electrons. The maximum Gasteiger partial charge on any atom is 0.0227 e. The van der Waals surface area contributed by atoms with Crippen molar-refractivity contribution in [3.8, 4) is 11.8 Å². The fourth-order valence-electron chi connectivity index (χ4n) is 2.90. The summed E-state index contributed by atoms with van der Waals surface area (Å²) in [5.74, 6) is 7.02. The van der Waals surface area contributed by atoms with Crippen molar-refractivity contribution in [2.24, 2.45) is 11.3 Å². The van der Waals surface area contributed by atoms with Gasteiger partial charge in [-0.25, -0.2) is 0 Å². The molecule has 0 aliphatic carbocycles. The van der Waals surface area contributed by atoms with E-state index in [1.165, 1.54) is 50.9 Å². The van der Waals surface area contributed by atoms with Gasteiger partial charge >= 0.3 is 0 Å². The zero-order valence-electron chi connectivity index (χ0n) is 13.4. The van der Waals surface area contributed by atoms with Gasteiger partial charge in [-0.1, -0.05) is 32.9 Å². The summed E-state index contributed by atoms with van der Waals surface area (Å²) in [6, 6.07) is 0. The molecule has 1 fully saturated rings. The molecule has 0 saturated carbocycles. The van der Waals surface area contributed by atoms with Crippen LogP contribution in [0.4, 0.5) is 0 Å². The second-order valence-electron chi connectivity index (χ2n) is 7.10. The smallest absolute Gasteiger partial charge is 0.0227 e. The third-order valence-corrected chi connectivity index (χ3v) is 3.72. The molecular formula is C18H31N. The van der Waals surface area contributed by atoms with Crippen LogP contribution >= 0.6 is 0 Å². The van der Waals surface area contributed by atoms with Crippen molar-refractivity contribution in [2.45, 2.75) is 59.8 Å². The van der Waals surface area contributed by atoms with Crippen molar-refractivity contribution >= 4 is 0 Å². The SMILES string of the molecule is C=C(CCCN1CCC(C#CC)CC1)CC(C)(C)C. The van der Waals surface area contributed by atoms with Gasteiger partial charge < -0.3 is 4.90 Å². The minimum atomic E-state index is 0.383. The van der Waals surface area contributed by atoms with Crippen molar-refractivity contribution < 1.29 is 0 Å². The summed E-state index contributed by atoms with van der Waals surface area (Å²) in [7, 11) is 0. The van der Waals surface area contributed by atoms with Gasteiger partial charge in [0.05, 0.1) is 0 Å². The van der Waals surface area contributed by atoms with Gasteiger partial charge in [0.15, 0.2) is 0 Å². The van der Waals surface area contributed by atoms with Crippen LogP contribution in [0, 0.1) is 23.2 Å². The molecule has 0 aromatic rings. The van der Waals surface area contributed by atoms with Crippen LogP contribution in [0.1, 0.15) is 59.8 Å². The van der Waals surface area contributed by atoms with Crippen molar-refractivity contribution in [1.29, 1.82) is 0 Å². The molecule has 0 aromatic heterocycles. The predicted octanol–water partition coefficient (Wildman–Crippen LogP) is 4.49. The molecule has 1 heteroatoms. The van der Waals surface area contributed by atoms with E-state index in [1.54, 1.807) is 0 Å². The van der Waals surface area contributed by atoms with Crippen molar-refractivity contribution in [3.05, 3.63) is 12.2 Å². The first kappa shape index (κ1) is 16.3. The van der Waals surface area contributed by atoms with Gasteiger partial charge in [-0.05, 0) is 64.1 Å². The summed E-state index contributed by atoms with van der Waals surface area (Å²) in [6.07, 6.45) is 6.11. The van der Waals surface area contributed by atoms with Crippen LogP contribution in [0.2, 0.25) is 0 Å². The van der Waals surface area contributed by atoms with Gasteiger partial charge in [-0.15, -0.1) is 11.8 Å². The summed E-state index contributed by atoms with van der Waals surface area (Å²) < 4.78 is 0. The van der Waals surface area contributed by atoms with E-state index in [0.29, 0.717) is 11.3 Å². The Morgan fingerprint density at radius 1 is 1.26 bits per heavy atom. The summed E-state index contributed by atoms with van der Waals surface area (Å²) >= 11 is 0. The Balaban J connectivity index is 2.14. The number of piperidine rings is 1. The monoisotopic (exact) mass is 261 g/mol. The second-order valence-corrected chi connectivity index (χ2v) is 7.10. The first-order valence-corrected chi connectivity index (χ1v) is 7.72. The van der Waals surface area contributed by atoms with Gasteiger partial charge in [0.1, 0.15) is 0 Å². The minimum Gasteiger partial charge on any atom is -0.303 e. The summed E-state index contributed by atoms with van der Waals surface area (Å²) in [5.41, 5.74) is 1.80. The summed E-state index contributed by atoms with van der Waals surface area (Å²) in [6.45, 7) is 16.7. The minimum absolute atomic E-state index is 0.383. The van der Waals surface area contributed by atoms with Crippen LogP contribution in [0.3, 0.4) is 0 Å². The highest BCUT2D eigenvalue weighted by Gasteiger charge is 2.17. The molecule has 0 unspecified atom stereocenters. The zero-order chi connectivity index (χ0) is 14.3. The summed E-state index contributed by atoms with van der Waals surface area (Å²) in [4.78, 5) is 2.60. The maximum absolute atomic E-state index is 4.22. The molecule has 0 aromatic carbocycles. The lowest BCUT2D eigenvalue weighted by molar-refractivity contribution is 0.204. The summed E-state index contributed by atoms with van der Waals surface area (Å²) in [5, 5.41) is 0. The van der Waals surface area contributed by atoms with Crippen LogP contribution in [0.5, 0.6) is 0 Å². The Labute approximate surface area is 120 Å².